The van der Waals surface area contributed by atoms with Crippen LogP contribution in [0.25, 0.3) is 0 Å². The number of ketones is 1. The fraction of sp³-hybridized carbons (Fsp3) is 0.111. The second-order valence-electron chi connectivity index (χ2n) is 2.52. The van der Waals surface area contributed by atoms with Crippen LogP contribution in [0, 0.1) is 14.9 Å². The lowest BCUT2D eigenvalue weighted by Gasteiger charge is -2.04. The van der Waals surface area contributed by atoms with Gasteiger partial charge in [0, 0.05) is 3.57 Å². The van der Waals surface area contributed by atoms with E-state index in [0.717, 1.165) is 0 Å². The van der Waals surface area contributed by atoms with Gasteiger partial charge < -0.3 is 5.11 Å². The van der Waals surface area contributed by atoms with E-state index in [4.69, 9.17) is 5.26 Å². The number of phenols is 1. The molecule has 3 nitrogen and oxygen atoms in total. The number of benzene rings is 1. The molecule has 0 saturated heterocycles. The molecular formula is C9H5BrINO2. The number of hydrogen-bond donors (Lipinski definition) is 1. The quantitative estimate of drug-likeness (QED) is 0.497. The van der Waals surface area contributed by atoms with Gasteiger partial charge in [-0.1, -0.05) is 15.9 Å². The van der Waals surface area contributed by atoms with Gasteiger partial charge in [-0.2, -0.15) is 5.26 Å². The van der Waals surface area contributed by atoms with Gasteiger partial charge in [-0.05, 0) is 34.7 Å². The van der Waals surface area contributed by atoms with Crippen molar-refractivity contribution in [1.82, 2.24) is 0 Å². The number of carbonyl (C=O) groups excluding carboxylic acids is 1. The minimum Gasteiger partial charge on any atom is -0.507 e. The Morgan fingerprint density at radius 2 is 2.29 bits per heavy atom. The van der Waals surface area contributed by atoms with Crippen LogP contribution in [0.4, 0.5) is 0 Å². The van der Waals surface area contributed by atoms with Gasteiger partial charge in [-0.25, -0.2) is 0 Å². The van der Waals surface area contributed by atoms with Gasteiger partial charge >= 0.3 is 0 Å². The zero-order valence-corrected chi connectivity index (χ0v) is 10.7. The predicted molar refractivity (Wildman–Crippen MR) is 63.7 cm³/mol. The second-order valence-corrected chi connectivity index (χ2v) is 4.24. The summed E-state index contributed by atoms with van der Waals surface area (Å²) in [6, 6.07) is 4.76. The summed E-state index contributed by atoms with van der Waals surface area (Å²) >= 11 is 4.95. The highest BCUT2D eigenvalue weighted by Crippen LogP contribution is 2.25. The van der Waals surface area contributed by atoms with Gasteiger partial charge in [0.05, 0.1) is 22.5 Å². The lowest BCUT2D eigenvalue weighted by molar-refractivity contribution is 0.102. The highest BCUT2D eigenvalue weighted by molar-refractivity contribution is 14.1. The van der Waals surface area contributed by atoms with Crippen LogP contribution >= 0.6 is 38.5 Å². The molecule has 0 heterocycles. The van der Waals surface area contributed by atoms with E-state index in [1.165, 1.54) is 6.07 Å². The Labute approximate surface area is 103 Å². The number of halogens is 2. The largest absolute Gasteiger partial charge is 0.507 e. The number of alkyl halides is 1. The normalized spacial score (nSPS) is 9.50. The van der Waals surface area contributed by atoms with E-state index < -0.39 is 0 Å². The number of Topliss-reactive ketones (excluding diaryl/α,β-unsaturated/α-hetero) is 1. The summed E-state index contributed by atoms with van der Waals surface area (Å²) in [5.74, 6) is -0.339. The molecule has 72 valence electrons. The Balaban J connectivity index is 3.34. The van der Waals surface area contributed by atoms with Gasteiger partial charge in [0.25, 0.3) is 0 Å². The SMILES string of the molecule is N#Cc1cc(O)c(C(=O)CBr)c(I)c1. The second kappa shape index (κ2) is 4.75. The van der Waals surface area contributed by atoms with Gasteiger partial charge in [0.1, 0.15) is 5.75 Å². The van der Waals surface area contributed by atoms with Crippen molar-refractivity contribution in [2.75, 3.05) is 5.33 Å². The van der Waals surface area contributed by atoms with Crippen molar-refractivity contribution in [2.24, 2.45) is 0 Å². The molecule has 0 unspecified atom stereocenters. The number of carbonyl (C=O) groups is 1. The first kappa shape index (κ1) is 11.5. The van der Waals surface area contributed by atoms with E-state index in [2.05, 4.69) is 15.9 Å². The van der Waals surface area contributed by atoms with Crippen LogP contribution in [-0.4, -0.2) is 16.2 Å². The average molecular weight is 366 g/mol. The monoisotopic (exact) mass is 365 g/mol. The molecule has 14 heavy (non-hydrogen) atoms. The molecular weight excluding hydrogens is 361 g/mol. The summed E-state index contributed by atoms with van der Waals surface area (Å²) in [4.78, 5) is 11.4. The first-order chi connectivity index (χ1) is 6.60. The fourth-order valence-electron chi connectivity index (χ4n) is 1.000. The number of hydrogen-bond acceptors (Lipinski definition) is 3. The Morgan fingerprint density at radius 1 is 1.64 bits per heavy atom. The van der Waals surface area contributed by atoms with Crippen LogP contribution < -0.4 is 0 Å². The van der Waals surface area contributed by atoms with Crippen molar-refractivity contribution in [3.8, 4) is 11.8 Å². The highest BCUT2D eigenvalue weighted by Gasteiger charge is 2.15. The summed E-state index contributed by atoms with van der Waals surface area (Å²) in [7, 11) is 0. The maximum absolute atomic E-state index is 11.4. The van der Waals surface area contributed by atoms with E-state index in [0.29, 0.717) is 9.13 Å². The molecule has 1 N–H and O–H groups in total. The molecule has 0 fully saturated rings. The summed E-state index contributed by atoms with van der Waals surface area (Å²) in [5, 5.41) is 18.3. The third-order valence-corrected chi connectivity index (χ3v) is 2.96. The van der Waals surface area contributed by atoms with E-state index in [9.17, 15) is 9.90 Å². The molecule has 5 heteroatoms. The molecule has 0 bridgehead atoms. The first-order valence-corrected chi connectivity index (χ1v) is 5.82. The van der Waals surface area contributed by atoms with Crippen molar-refractivity contribution in [3.63, 3.8) is 0 Å². The van der Waals surface area contributed by atoms with Crippen molar-refractivity contribution < 1.29 is 9.90 Å². The zero-order valence-electron chi connectivity index (χ0n) is 6.92. The number of rotatable bonds is 2. The highest BCUT2D eigenvalue weighted by atomic mass is 127. The van der Waals surface area contributed by atoms with Crippen LogP contribution in [0.1, 0.15) is 15.9 Å². The smallest absolute Gasteiger partial charge is 0.178 e. The molecule has 1 rings (SSSR count). The van der Waals surface area contributed by atoms with E-state index in [-0.39, 0.29) is 22.4 Å². The minimum atomic E-state index is -0.198. The molecule has 0 spiro atoms. The molecule has 0 radical (unpaired) electrons. The summed E-state index contributed by atoms with van der Waals surface area (Å²) in [5.41, 5.74) is 0.611. The Bertz CT molecular complexity index is 402. The molecule has 1 aromatic rings. The van der Waals surface area contributed by atoms with E-state index in [1.807, 2.05) is 28.7 Å². The zero-order chi connectivity index (χ0) is 10.7. The molecule has 0 aliphatic heterocycles. The Kier molecular flexibility index (Phi) is 3.89. The topological polar surface area (TPSA) is 61.1 Å². The van der Waals surface area contributed by atoms with E-state index in [1.54, 1.807) is 6.07 Å². The van der Waals surface area contributed by atoms with E-state index >= 15 is 0 Å². The minimum absolute atomic E-state index is 0.141. The van der Waals surface area contributed by atoms with Crippen LogP contribution in [0.5, 0.6) is 5.75 Å². The van der Waals surface area contributed by atoms with Gasteiger partial charge in [-0.3, -0.25) is 4.79 Å². The number of nitriles is 1. The van der Waals surface area contributed by atoms with Crippen molar-refractivity contribution in [3.05, 3.63) is 26.8 Å². The summed E-state index contributed by atoms with van der Waals surface area (Å²) < 4.78 is 0.587. The van der Waals surface area contributed by atoms with Crippen molar-refractivity contribution >= 4 is 44.3 Å². The van der Waals surface area contributed by atoms with Crippen molar-refractivity contribution in [2.45, 2.75) is 0 Å². The average Bonchev–Trinajstić information content (AvgIpc) is 2.16. The molecule has 0 aliphatic carbocycles. The third kappa shape index (κ3) is 2.25. The number of nitrogens with zero attached hydrogens (tertiary/aromatic N) is 1. The molecule has 0 aromatic heterocycles. The van der Waals surface area contributed by atoms with Crippen molar-refractivity contribution in [1.29, 1.82) is 5.26 Å². The molecule has 0 amide bonds. The molecule has 1 aromatic carbocycles. The molecule has 0 aliphatic rings. The Morgan fingerprint density at radius 3 is 2.71 bits per heavy atom. The maximum atomic E-state index is 11.4. The summed E-state index contributed by atoms with van der Waals surface area (Å²) in [6.45, 7) is 0. The summed E-state index contributed by atoms with van der Waals surface area (Å²) in [6.07, 6.45) is 0. The van der Waals surface area contributed by atoms with Crippen LogP contribution in [0.3, 0.4) is 0 Å². The van der Waals surface area contributed by atoms with Gasteiger partial charge in [-0.15, -0.1) is 0 Å². The Hall–Kier alpha value is -0.610. The molecule has 0 saturated carbocycles. The van der Waals surface area contributed by atoms with Gasteiger partial charge in [0.15, 0.2) is 5.78 Å². The standard InChI is InChI=1S/C9H5BrINO2/c10-3-8(14)9-6(11)1-5(4-12)2-7(9)13/h1-2,13H,3H2. The van der Waals surface area contributed by atoms with Crippen LogP contribution in [0.15, 0.2) is 12.1 Å². The molecule has 0 atom stereocenters. The predicted octanol–water partition coefficient (Wildman–Crippen LogP) is 2.45. The lowest BCUT2D eigenvalue weighted by Crippen LogP contribution is -2.03. The van der Waals surface area contributed by atoms with Crippen LogP contribution in [0.2, 0.25) is 0 Å². The van der Waals surface area contributed by atoms with Gasteiger partial charge in [0.2, 0.25) is 0 Å². The fourth-order valence-corrected chi connectivity index (χ4v) is 2.19. The van der Waals surface area contributed by atoms with Crippen LogP contribution in [-0.2, 0) is 0 Å². The lowest BCUT2D eigenvalue weighted by atomic mass is 10.1. The number of aromatic hydroxyl groups is 1. The first-order valence-electron chi connectivity index (χ1n) is 3.62. The number of phenolic OH excluding ortho intramolecular Hbond substituents is 1. The maximum Gasteiger partial charge on any atom is 0.178 e. The third-order valence-electron chi connectivity index (χ3n) is 1.60.